The fourth-order valence-corrected chi connectivity index (χ4v) is 3.33. The molecular weight excluding hydrogens is 404 g/mol. The van der Waals surface area contributed by atoms with Crippen LogP contribution in [0.4, 0.5) is 4.79 Å². The Hall–Kier alpha value is -3.54. The molecule has 1 N–H and O–H groups in total. The smallest absolute Gasteiger partial charge is 0.408 e. The molecule has 32 heavy (non-hydrogen) atoms. The highest BCUT2D eigenvalue weighted by molar-refractivity contribution is 5.86. The molecule has 6 heteroatoms. The van der Waals surface area contributed by atoms with Crippen LogP contribution in [-0.2, 0) is 22.5 Å². The van der Waals surface area contributed by atoms with E-state index >= 15 is 0 Å². The van der Waals surface area contributed by atoms with Crippen LogP contribution in [0, 0.1) is 0 Å². The molecule has 0 saturated carbocycles. The van der Waals surface area contributed by atoms with Crippen LogP contribution < -0.4 is 5.32 Å². The molecule has 1 atom stereocenters. The first kappa shape index (κ1) is 23.1. The van der Waals surface area contributed by atoms with Gasteiger partial charge in [0, 0.05) is 13.5 Å². The molecule has 0 radical (unpaired) electrons. The van der Waals surface area contributed by atoms with Crippen LogP contribution in [0.2, 0.25) is 0 Å². The first-order valence-corrected chi connectivity index (χ1v) is 10.6. The molecular formula is C26H30N2O4. The number of rotatable bonds is 7. The van der Waals surface area contributed by atoms with E-state index in [-0.39, 0.29) is 5.91 Å². The summed E-state index contributed by atoms with van der Waals surface area (Å²) in [6.07, 6.45) is 1.29. The second-order valence-electron chi connectivity index (χ2n) is 8.74. The molecule has 0 saturated heterocycles. The van der Waals surface area contributed by atoms with Crippen molar-refractivity contribution >= 4 is 12.0 Å². The van der Waals surface area contributed by atoms with Gasteiger partial charge in [-0.05, 0) is 49.6 Å². The molecule has 3 rings (SSSR count). The molecule has 6 nitrogen and oxygen atoms in total. The largest absolute Gasteiger partial charge is 0.467 e. The van der Waals surface area contributed by atoms with Gasteiger partial charge in [-0.15, -0.1) is 0 Å². The van der Waals surface area contributed by atoms with Gasteiger partial charge in [-0.25, -0.2) is 4.79 Å². The van der Waals surface area contributed by atoms with Crippen LogP contribution in [0.15, 0.2) is 77.4 Å². The maximum Gasteiger partial charge on any atom is 0.408 e. The Morgan fingerprint density at radius 2 is 1.62 bits per heavy atom. The highest BCUT2D eigenvalue weighted by atomic mass is 16.6. The third-order valence-corrected chi connectivity index (χ3v) is 4.84. The zero-order valence-corrected chi connectivity index (χ0v) is 19.0. The van der Waals surface area contributed by atoms with Crippen LogP contribution in [-0.4, -0.2) is 35.6 Å². The predicted octanol–water partition coefficient (Wildman–Crippen LogP) is 5.04. The monoisotopic (exact) mass is 434 g/mol. The molecule has 0 aliphatic rings. The number of amides is 2. The zero-order chi connectivity index (χ0) is 23.1. The van der Waals surface area contributed by atoms with Crippen molar-refractivity contribution in [2.45, 2.75) is 45.4 Å². The van der Waals surface area contributed by atoms with E-state index in [0.29, 0.717) is 18.7 Å². The van der Waals surface area contributed by atoms with Crippen molar-refractivity contribution in [1.29, 1.82) is 0 Å². The summed E-state index contributed by atoms with van der Waals surface area (Å²) < 4.78 is 10.7. The number of alkyl carbamates (subject to hydrolysis) is 1. The molecule has 1 heterocycles. The standard InChI is InChI=1S/C26H30N2O4/c1-26(2,3)32-25(30)27-23(24(29)28(4)18-22-11-8-16-31-22)17-19-12-14-21(15-13-19)20-9-6-5-7-10-20/h5-16,23H,17-18H2,1-4H3,(H,27,30). The van der Waals surface area contributed by atoms with Gasteiger partial charge in [0.25, 0.3) is 0 Å². The van der Waals surface area contributed by atoms with Crippen LogP contribution in [0.5, 0.6) is 0 Å². The minimum atomic E-state index is -0.771. The highest BCUT2D eigenvalue weighted by Crippen LogP contribution is 2.20. The number of hydrogen-bond donors (Lipinski definition) is 1. The van der Waals surface area contributed by atoms with Gasteiger partial charge in [0.1, 0.15) is 17.4 Å². The van der Waals surface area contributed by atoms with Gasteiger partial charge in [-0.3, -0.25) is 4.79 Å². The number of carbonyl (C=O) groups excluding carboxylic acids is 2. The van der Waals surface area contributed by atoms with E-state index in [1.165, 1.54) is 0 Å². The Morgan fingerprint density at radius 1 is 0.969 bits per heavy atom. The number of ether oxygens (including phenoxy) is 1. The Bertz CT molecular complexity index is 1010. The average Bonchev–Trinajstić information content (AvgIpc) is 3.25. The lowest BCUT2D eigenvalue weighted by Crippen LogP contribution is -2.49. The van der Waals surface area contributed by atoms with Gasteiger partial charge in [0.2, 0.25) is 5.91 Å². The summed E-state index contributed by atoms with van der Waals surface area (Å²) in [5.74, 6) is 0.448. The lowest BCUT2D eigenvalue weighted by atomic mass is 10.00. The van der Waals surface area contributed by atoms with E-state index in [1.54, 1.807) is 45.0 Å². The Morgan fingerprint density at radius 3 is 2.22 bits per heavy atom. The number of hydrogen-bond acceptors (Lipinski definition) is 4. The van der Waals surface area contributed by atoms with E-state index in [2.05, 4.69) is 17.4 Å². The fourth-order valence-electron chi connectivity index (χ4n) is 3.33. The summed E-state index contributed by atoms with van der Waals surface area (Å²) in [6.45, 7) is 5.67. The maximum absolute atomic E-state index is 13.2. The number of furan rings is 1. The van der Waals surface area contributed by atoms with Crippen LogP contribution in [0.1, 0.15) is 32.1 Å². The number of carbonyl (C=O) groups is 2. The SMILES string of the molecule is CN(Cc1ccco1)C(=O)C(Cc1ccc(-c2ccccc2)cc1)NC(=O)OC(C)(C)C. The molecule has 0 aliphatic carbocycles. The number of nitrogens with one attached hydrogen (secondary N) is 1. The molecule has 0 aliphatic heterocycles. The van der Waals surface area contributed by atoms with Gasteiger partial charge >= 0.3 is 6.09 Å². The molecule has 0 bridgehead atoms. The lowest BCUT2D eigenvalue weighted by molar-refractivity contribution is -0.132. The van der Waals surface area contributed by atoms with Crippen molar-refractivity contribution in [3.8, 4) is 11.1 Å². The zero-order valence-electron chi connectivity index (χ0n) is 19.0. The second kappa shape index (κ2) is 10.2. The van der Waals surface area contributed by atoms with Crippen LogP contribution in [0.25, 0.3) is 11.1 Å². The summed E-state index contributed by atoms with van der Waals surface area (Å²) in [5, 5.41) is 2.75. The highest BCUT2D eigenvalue weighted by Gasteiger charge is 2.27. The Balaban J connectivity index is 1.75. The van der Waals surface area contributed by atoms with Gasteiger partial charge in [0.05, 0.1) is 12.8 Å². The summed E-state index contributed by atoms with van der Waals surface area (Å²) >= 11 is 0. The molecule has 1 aromatic heterocycles. The molecule has 0 fully saturated rings. The maximum atomic E-state index is 13.2. The second-order valence-corrected chi connectivity index (χ2v) is 8.74. The quantitative estimate of drug-likeness (QED) is 0.565. The van der Waals surface area contributed by atoms with Crippen molar-refractivity contribution in [2.24, 2.45) is 0 Å². The minimum Gasteiger partial charge on any atom is -0.467 e. The van der Waals surface area contributed by atoms with Crippen molar-refractivity contribution in [1.82, 2.24) is 10.2 Å². The van der Waals surface area contributed by atoms with Crippen molar-refractivity contribution in [2.75, 3.05) is 7.05 Å². The average molecular weight is 435 g/mol. The minimum absolute atomic E-state index is 0.223. The lowest BCUT2D eigenvalue weighted by Gasteiger charge is -2.26. The normalized spacial score (nSPS) is 12.1. The van der Waals surface area contributed by atoms with E-state index in [1.807, 2.05) is 48.5 Å². The summed E-state index contributed by atoms with van der Waals surface area (Å²) in [5.41, 5.74) is 2.49. The van der Waals surface area contributed by atoms with Crippen molar-refractivity contribution < 1.29 is 18.7 Å². The third-order valence-electron chi connectivity index (χ3n) is 4.84. The first-order chi connectivity index (χ1) is 15.2. The van der Waals surface area contributed by atoms with Gasteiger partial charge in [-0.2, -0.15) is 0 Å². The number of nitrogens with zero attached hydrogens (tertiary/aromatic N) is 1. The summed E-state index contributed by atoms with van der Waals surface area (Å²) in [6, 6.07) is 20.9. The molecule has 2 aromatic carbocycles. The van der Waals surface area contributed by atoms with E-state index < -0.39 is 17.7 Å². The van der Waals surface area contributed by atoms with E-state index in [4.69, 9.17) is 9.15 Å². The van der Waals surface area contributed by atoms with Crippen LogP contribution >= 0.6 is 0 Å². The molecule has 0 spiro atoms. The number of likely N-dealkylation sites (N-methyl/N-ethyl adjacent to an activating group) is 1. The van der Waals surface area contributed by atoms with E-state index in [0.717, 1.165) is 16.7 Å². The van der Waals surface area contributed by atoms with Crippen molar-refractivity contribution in [3.63, 3.8) is 0 Å². The third kappa shape index (κ3) is 6.74. The molecule has 3 aromatic rings. The summed E-state index contributed by atoms with van der Waals surface area (Å²) in [7, 11) is 1.69. The fraction of sp³-hybridized carbons (Fsp3) is 0.308. The predicted molar refractivity (Wildman–Crippen MR) is 124 cm³/mol. The topological polar surface area (TPSA) is 71.8 Å². The first-order valence-electron chi connectivity index (χ1n) is 10.6. The molecule has 168 valence electrons. The van der Waals surface area contributed by atoms with E-state index in [9.17, 15) is 9.59 Å². The Kier molecular flexibility index (Phi) is 7.36. The van der Waals surface area contributed by atoms with Gasteiger partial charge < -0.3 is 19.4 Å². The Labute approximate surface area is 189 Å². The van der Waals surface area contributed by atoms with Gasteiger partial charge in [-0.1, -0.05) is 54.6 Å². The van der Waals surface area contributed by atoms with Crippen LogP contribution in [0.3, 0.4) is 0 Å². The molecule has 1 unspecified atom stereocenters. The van der Waals surface area contributed by atoms with Crippen molar-refractivity contribution in [3.05, 3.63) is 84.3 Å². The van der Waals surface area contributed by atoms with Gasteiger partial charge in [0.15, 0.2) is 0 Å². The molecule has 2 amide bonds. The summed E-state index contributed by atoms with van der Waals surface area (Å²) in [4.78, 5) is 27.1. The number of benzene rings is 2.